The first-order valence-electron chi connectivity index (χ1n) is 9.48. The SMILES string of the molecule is NS(=O)(=O)c1ccc(N2N=C(c3ccc(O)cc3)CC2c2ccc(C(F)(F)F)cc2)cc1. The number of primary sulfonamides is 1. The summed E-state index contributed by atoms with van der Waals surface area (Å²) >= 11 is 0. The van der Waals surface area contributed by atoms with Crippen molar-refractivity contribution in [2.45, 2.75) is 23.5 Å². The fourth-order valence-corrected chi connectivity index (χ4v) is 4.03. The van der Waals surface area contributed by atoms with Gasteiger partial charge in [-0.15, -0.1) is 0 Å². The van der Waals surface area contributed by atoms with Gasteiger partial charge >= 0.3 is 6.18 Å². The van der Waals surface area contributed by atoms with Crippen LogP contribution in [-0.2, 0) is 16.2 Å². The summed E-state index contributed by atoms with van der Waals surface area (Å²) in [5.74, 6) is 0.0991. The maximum absolute atomic E-state index is 13.0. The number of benzene rings is 3. The van der Waals surface area contributed by atoms with Gasteiger partial charge in [0, 0.05) is 6.42 Å². The first-order chi connectivity index (χ1) is 15.0. The number of phenols is 1. The van der Waals surface area contributed by atoms with Crippen LogP contribution in [0.4, 0.5) is 18.9 Å². The molecule has 0 bridgehead atoms. The zero-order valence-electron chi connectivity index (χ0n) is 16.5. The molecule has 0 radical (unpaired) electrons. The molecule has 0 saturated carbocycles. The molecule has 1 unspecified atom stereocenters. The number of hydrazone groups is 1. The number of anilines is 1. The first kappa shape index (κ1) is 21.8. The molecule has 3 aromatic rings. The van der Waals surface area contributed by atoms with Gasteiger partial charge in [-0.25, -0.2) is 13.6 Å². The summed E-state index contributed by atoms with van der Waals surface area (Å²) in [6.45, 7) is 0. The smallest absolute Gasteiger partial charge is 0.416 e. The van der Waals surface area contributed by atoms with E-state index in [0.29, 0.717) is 23.4 Å². The highest BCUT2D eigenvalue weighted by molar-refractivity contribution is 7.89. The highest BCUT2D eigenvalue weighted by Gasteiger charge is 2.33. The summed E-state index contributed by atoms with van der Waals surface area (Å²) in [5, 5.41) is 21.0. The number of hydrogen-bond donors (Lipinski definition) is 2. The molecule has 4 rings (SSSR count). The summed E-state index contributed by atoms with van der Waals surface area (Å²) in [6.07, 6.45) is -4.04. The van der Waals surface area contributed by atoms with Crippen LogP contribution in [0.1, 0.15) is 29.2 Å². The molecule has 6 nitrogen and oxygen atoms in total. The second-order valence-corrected chi connectivity index (χ2v) is 8.88. The Morgan fingerprint density at radius 3 is 2.06 bits per heavy atom. The van der Waals surface area contributed by atoms with E-state index >= 15 is 0 Å². The Morgan fingerprint density at radius 2 is 1.53 bits per heavy atom. The lowest BCUT2D eigenvalue weighted by Crippen LogP contribution is -2.19. The van der Waals surface area contributed by atoms with Gasteiger partial charge in [0.2, 0.25) is 10.0 Å². The molecule has 166 valence electrons. The molecular formula is C22H18F3N3O3S. The summed E-state index contributed by atoms with van der Waals surface area (Å²) < 4.78 is 62.0. The van der Waals surface area contributed by atoms with Gasteiger partial charge in [-0.2, -0.15) is 18.3 Å². The van der Waals surface area contributed by atoms with Gasteiger partial charge < -0.3 is 5.11 Å². The Kier molecular flexibility index (Phi) is 5.43. The lowest BCUT2D eigenvalue weighted by atomic mass is 9.97. The predicted octanol–water partition coefficient (Wildman–Crippen LogP) is 4.41. The van der Waals surface area contributed by atoms with Crippen molar-refractivity contribution in [2.75, 3.05) is 5.01 Å². The van der Waals surface area contributed by atoms with Crippen molar-refractivity contribution in [2.24, 2.45) is 10.2 Å². The minimum Gasteiger partial charge on any atom is -0.508 e. The molecular weight excluding hydrogens is 443 g/mol. The molecule has 0 amide bonds. The van der Waals surface area contributed by atoms with E-state index in [0.717, 1.165) is 17.7 Å². The van der Waals surface area contributed by atoms with Gasteiger partial charge in [0.15, 0.2) is 0 Å². The van der Waals surface area contributed by atoms with E-state index in [2.05, 4.69) is 5.10 Å². The van der Waals surface area contributed by atoms with Crippen LogP contribution in [0, 0.1) is 0 Å². The van der Waals surface area contributed by atoms with Crippen LogP contribution in [-0.4, -0.2) is 19.2 Å². The van der Waals surface area contributed by atoms with Crippen LogP contribution in [0.3, 0.4) is 0 Å². The lowest BCUT2D eigenvalue weighted by Gasteiger charge is -2.24. The maximum Gasteiger partial charge on any atom is 0.416 e. The number of rotatable bonds is 4. The summed E-state index contributed by atoms with van der Waals surface area (Å²) in [5.41, 5.74) is 1.85. The van der Waals surface area contributed by atoms with Gasteiger partial charge in [-0.05, 0) is 71.8 Å². The Labute approximate surface area is 182 Å². The molecule has 0 fully saturated rings. The fourth-order valence-electron chi connectivity index (χ4n) is 3.52. The number of sulfonamides is 1. The van der Waals surface area contributed by atoms with Crippen LogP contribution >= 0.6 is 0 Å². The highest BCUT2D eigenvalue weighted by Crippen LogP contribution is 2.38. The predicted molar refractivity (Wildman–Crippen MR) is 114 cm³/mol. The van der Waals surface area contributed by atoms with Crippen molar-refractivity contribution in [1.82, 2.24) is 0 Å². The van der Waals surface area contributed by atoms with E-state index < -0.39 is 27.8 Å². The van der Waals surface area contributed by atoms with Crippen LogP contribution in [0.5, 0.6) is 5.75 Å². The van der Waals surface area contributed by atoms with Gasteiger partial charge in [0.25, 0.3) is 0 Å². The molecule has 0 aliphatic carbocycles. The molecule has 0 spiro atoms. The molecule has 0 aromatic heterocycles. The normalized spacial score (nSPS) is 16.8. The molecule has 3 N–H and O–H groups in total. The van der Waals surface area contributed by atoms with Crippen molar-refractivity contribution >= 4 is 21.4 Å². The molecule has 10 heteroatoms. The maximum atomic E-state index is 13.0. The number of alkyl halides is 3. The second-order valence-electron chi connectivity index (χ2n) is 7.32. The van der Waals surface area contributed by atoms with E-state index in [4.69, 9.17) is 5.14 Å². The monoisotopic (exact) mass is 461 g/mol. The quantitative estimate of drug-likeness (QED) is 0.602. The van der Waals surface area contributed by atoms with Gasteiger partial charge in [-0.3, -0.25) is 5.01 Å². The molecule has 3 aromatic carbocycles. The van der Waals surface area contributed by atoms with E-state index in [1.165, 1.54) is 36.4 Å². The van der Waals surface area contributed by atoms with E-state index in [9.17, 15) is 26.7 Å². The summed E-state index contributed by atoms with van der Waals surface area (Å²) in [4.78, 5) is -0.0609. The molecule has 1 aliphatic rings. The van der Waals surface area contributed by atoms with Gasteiger partial charge in [-0.1, -0.05) is 12.1 Å². The number of halogens is 3. The third kappa shape index (κ3) is 4.46. The Morgan fingerprint density at radius 1 is 0.938 bits per heavy atom. The molecule has 1 aliphatic heterocycles. The highest BCUT2D eigenvalue weighted by atomic mass is 32.2. The summed E-state index contributed by atoms with van der Waals surface area (Å²) in [7, 11) is -3.87. The number of phenolic OH excluding ortho intramolecular Hbond substituents is 1. The fraction of sp³-hybridized carbons (Fsp3) is 0.136. The van der Waals surface area contributed by atoms with Crippen LogP contribution < -0.4 is 10.1 Å². The van der Waals surface area contributed by atoms with Crippen LogP contribution in [0.25, 0.3) is 0 Å². The molecule has 1 heterocycles. The van der Waals surface area contributed by atoms with E-state index in [1.807, 2.05) is 0 Å². The van der Waals surface area contributed by atoms with Crippen molar-refractivity contribution in [3.63, 3.8) is 0 Å². The average Bonchev–Trinajstić information content (AvgIpc) is 3.19. The summed E-state index contributed by atoms with van der Waals surface area (Å²) in [6, 6.07) is 16.7. The largest absolute Gasteiger partial charge is 0.508 e. The minimum absolute atomic E-state index is 0.0609. The molecule has 32 heavy (non-hydrogen) atoms. The van der Waals surface area contributed by atoms with Crippen molar-refractivity contribution in [1.29, 1.82) is 0 Å². The average molecular weight is 461 g/mol. The number of nitrogens with two attached hydrogens (primary N) is 1. The lowest BCUT2D eigenvalue weighted by molar-refractivity contribution is -0.137. The molecule has 0 saturated heterocycles. The Balaban J connectivity index is 1.73. The second kappa shape index (κ2) is 7.95. The van der Waals surface area contributed by atoms with E-state index in [1.54, 1.807) is 29.3 Å². The van der Waals surface area contributed by atoms with Crippen molar-refractivity contribution in [3.8, 4) is 5.75 Å². The number of nitrogens with zero attached hydrogens (tertiary/aromatic N) is 2. The number of hydrogen-bond acceptors (Lipinski definition) is 5. The van der Waals surface area contributed by atoms with E-state index in [-0.39, 0.29) is 10.6 Å². The van der Waals surface area contributed by atoms with Crippen molar-refractivity contribution in [3.05, 3.63) is 89.5 Å². The topological polar surface area (TPSA) is 96.0 Å². The third-order valence-corrected chi connectivity index (χ3v) is 6.09. The zero-order valence-corrected chi connectivity index (χ0v) is 17.3. The first-order valence-corrected chi connectivity index (χ1v) is 11.0. The van der Waals surface area contributed by atoms with Crippen molar-refractivity contribution < 1.29 is 26.7 Å². The van der Waals surface area contributed by atoms with Crippen LogP contribution in [0.15, 0.2) is 82.8 Å². The van der Waals surface area contributed by atoms with Crippen LogP contribution in [0.2, 0.25) is 0 Å². The van der Waals surface area contributed by atoms with Gasteiger partial charge in [0.05, 0.1) is 27.9 Å². The number of aromatic hydroxyl groups is 1. The zero-order chi connectivity index (χ0) is 23.1. The Bertz CT molecular complexity index is 1260. The molecule has 1 atom stereocenters. The Hall–Kier alpha value is -3.37. The third-order valence-electron chi connectivity index (χ3n) is 5.16. The van der Waals surface area contributed by atoms with Gasteiger partial charge in [0.1, 0.15) is 5.75 Å². The standard InChI is InChI=1S/C22H18F3N3O3S/c23-22(24,25)16-5-1-15(2-6-16)21-13-20(14-3-9-18(29)10-4-14)27-28(21)17-7-11-19(12-8-17)32(26,30)31/h1-12,21,29H,13H2,(H2,26,30,31). The minimum atomic E-state index is -4.44.